The van der Waals surface area contributed by atoms with Gasteiger partial charge in [0.2, 0.25) is 12.7 Å². The molecule has 34 heavy (non-hydrogen) atoms. The lowest BCUT2D eigenvalue weighted by molar-refractivity contribution is 0.0954. The predicted molar refractivity (Wildman–Crippen MR) is 127 cm³/mol. The maximum Gasteiger partial charge on any atom is 0.251 e. The van der Waals surface area contributed by atoms with Crippen molar-refractivity contribution < 1.29 is 14.3 Å². The number of ether oxygens (including phenoxy) is 2. The molecule has 11 heteroatoms. The Morgan fingerprint density at radius 3 is 2.85 bits per heavy atom. The van der Waals surface area contributed by atoms with Crippen molar-refractivity contribution in [3.8, 4) is 11.5 Å². The Morgan fingerprint density at radius 1 is 1.09 bits per heavy atom. The van der Waals surface area contributed by atoms with Crippen molar-refractivity contribution >= 4 is 35.0 Å². The number of benzene rings is 2. The molecule has 0 saturated heterocycles. The molecule has 0 bridgehead atoms. The summed E-state index contributed by atoms with van der Waals surface area (Å²) in [6.07, 6.45) is 5.62. The van der Waals surface area contributed by atoms with Gasteiger partial charge < -0.3 is 20.1 Å². The maximum absolute atomic E-state index is 12.1. The van der Waals surface area contributed by atoms with Crippen LogP contribution in [0, 0.1) is 0 Å². The average molecular weight is 478 g/mol. The standard InChI is InChI=1S/C23H20ClN7O3/c24-17-6-7-18-21(34-14-33-18)20(17)28-19-9-11-26-23(29-19)30-31-12-16(27-13-31)8-10-25-22(32)15-4-2-1-3-5-15/h1-7,9,11-13H,8,10,14H2,(H,25,32)(H2,26,28,29,30). The first-order valence-electron chi connectivity index (χ1n) is 10.5. The summed E-state index contributed by atoms with van der Waals surface area (Å²) >= 11 is 6.33. The van der Waals surface area contributed by atoms with E-state index in [0.717, 1.165) is 5.69 Å². The van der Waals surface area contributed by atoms with Gasteiger partial charge in [-0.25, -0.2) is 14.6 Å². The fraction of sp³-hybridized carbons (Fsp3) is 0.130. The van der Waals surface area contributed by atoms with Crippen molar-refractivity contribution in [3.05, 3.63) is 83.5 Å². The van der Waals surface area contributed by atoms with Gasteiger partial charge in [-0.15, -0.1) is 0 Å². The van der Waals surface area contributed by atoms with Crippen molar-refractivity contribution in [1.82, 2.24) is 24.9 Å². The first kappa shape index (κ1) is 21.5. The van der Waals surface area contributed by atoms with E-state index < -0.39 is 0 Å². The molecule has 2 aromatic carbocycles. The zero-order chi connectivity index (χ0) is 23.3. The molecule has 10 nitrogen and oxygen atoms in total. The second kappa shape index (κ2) is 9.67. The van der Waals surface area contributed by atoms with Crippen LogP contribution < -0.4 is 25.5 Å². The van der Waals surface area contributed by atoms with Gasteiger partial charge in [-0.3, -0.25) is 10.2 Å². The number of amides is 1. The summed E-state index contributed by atoms with van der Waals surface area (Å²) in [6, 6.07) is 14.3. The molecule has 4 aromatic rings. The van der Waals surface area contributed by atoms with Crippen LogP contribution in [0.1, 0.15) is 16.1 Å². The lowest BCUT2D eigenvalue weighted by atomic mass is 10.2. The second-order valence-electron chi connectivity index (χ2n) is 7.30. The SMILES string of the molecule is O=C(NCCc1cn(Nc2nccc(Nc3c(Cl)ccc4c3OCO4)n2)cn1)c1ccccc1. The summed E-state index contributed by atoms with van der Waals surface area (Å²) in [5.74, 6) is 1.92. The molecule has 2 aromatic heterocycles. The van der Waals surface area contributed by atoms with Crippen molar-refractivity contribution in [1.29, 1.82) is 0 Å². The molecule has 0 aliphatic carbocycles. The molecule has 3 N–H and O–H groups in total. The van der Waals surface area contributed by atoms with Crippen LogP contribution in [0.15, 0.2) is 67.3 Å². The fourth-order valence-corrected chi connectivity index (χ4v) is 3.54. The molecule has 1 aliphatic rings. The van der Waals surface area contributed by atoms with Crippen LogP contribution in [-0.2, 0) is 6.42 Å². The van der Waals surface area contributed by atoms with Crippen LogP contribution in [0.25, 0.3) is 0 Å². The number of anilines is 3. The molecule has 0 atom stereocenters. The van der Waals surface area contributed by atoms with Crippen LogP contribution in [0.2, 0.25) is 5.02 Å². The number of hydrogen-bond donors (Lipinski definition) is 3. The second-order valence-corrected chi connectivity index (χ2v) is 7.71. The highest BCUT2D eigenvalue weighted by atomic mass is 35.5. The number of rotatable bonds is 8. The number of halogens is 1. The fourth-order valence-electron chi connectivity index (χ4n) is 3.34. The number of nitrogens with zero attached hydrogens (tertiary/aromatic N) is 4. The van der Waals surface area contributed by atoms with Gasteiger partial charge >= 0.3 is 0 Å². The topological polar surface area (TPSA) is 115 Å². The van der Waals surface area contributed by atoms with E-state index >= 15 is 0 Å². The minimum absolute atomic E-state index is 0.114. The molecule has 3 heterocycles. The number of imidazole rings is 1. The van der Waals surface area contributed by atoms with Gasteiger partial charge in [-0.2, -0.15) is 4.98 Å². The van der Waals surface area contributed by atoms with E-state index in [2.05, 4.69) is 31.0 Å². The molecule has 0 saturated carbocycles. The molecular formula is C23H20ClN7O3. The van der Waals surface area contributed by atoms with Gasteiger partial charge in [0, 0.05) is 30.9 Å². The molecular weight excluding hydrogens is 458 g/mol. The summed E-state index contributed by atoms with van der Waals surface area (Å²) < 4.78 is 12.6. The normalized spacial score (nSPS) is 11.8. The molecule has 1 aliphatic heterocycles. The highest BCUT2D eigenvalue weighted by molar-refractivity contribution is 6.33. The third-order valence-corrected chi connectivity index (χ3v) is 5.28. The summed E-state index contributed by atoms with van der Waals surface area (Å²) in [4.78, 5) is 25.2. The summed E-state index contributed by atoms with van der Waals surface area (Å²) in [6.45, 7) is 0.606. The smallest absolute Gasteiger partial charge is 0.251 e. The number of hydrogen-bond acceptors (Lipinski definition) is 8. The molecule has 1 amide bonds. The van der Waals surface area contributed by atoms with E-state index in [-0.39, 0.29) is 12.7 Å². The van der Waals surface area contributed by atoms with Gasteiger partial charge in [0.05, 0.1) is 10.7 Å². The Bertz CT molecular complexity index is 1310. The van der Waals surface area contributed by atoms with Gasteiger partial charge in [0.15, 0.2) is 11.5 Å². The van der Waals surface area contributed by atoms with E-state index in [0.29, 0.717) is 52.5 Å². The predicted octanol–water partition coefficient (Wildman–Crippen LogP) is 3.65. The van der Waals surface area contributed by atoms with Crippen molar-refractivity contribution in [2.75, 3.05) is 24.1 Å². The van der Waals surface area contributed by atoms with Crippen LogP contribution in [-0.4, -0.2) is 38.9 Å². The minimum atomic E-state index is -0.114. The Hall–Kier alpha value is -4.31. The summed E-state index contributed by atoms with van der Waals surface area (Å²) in [5, 5.41) is 6.53. The quantitative estimate of drug-likeness (QED) is 0.352. The van der Waals surface area contributed by atoms with Gasteiger partial charge in [-0.05, 0) is 30.3 Å². The number of carbonyl (C=O) groups excluding carboxylic acids is 1. The number of fused-ring (bicyclic) bond motifs is 1. The third kappa shape index (κ3) is 4.86. The van der Waals surface area contributed by atoms with Crippen molar-refractivity contribution in [2.24, 2.45) is 0 Å². The zero-order valence-electron chi connectivity index (χ0n) is 17.9. The maximum atomic E-state index is 12.1. The molecule has 0 fully saturated rings. The first-order valence-corrected chi connectivity index (χ1v) is 10.8. The van der Waals surface area contributed by atoms with Crippen molar-refractivity contribution in [3.63, 3.8) is 0 Å². The Balaban J connectivity index is 1.19. The number of carbonyl (C=O) groups is 1. The summed E-state index contributed by atoms with van der Waals surface area (Å²) in [7, 11) is 0. The molecule has 0 unspecified atom stereocenters. The monoisotopic (exact) mass is 477 g/mol. The number of nitrogens with one attached hydrogen (secondary N) is 3. The van der Waals surface area contributed by atoms with E-state index in [1.807, 2.05) is 24.4 Å². The van der Waals surface area contributed by atoms with E-state index in [1.54, 1.807) is 47.5 Å². The lowest BCUT2D eigenvalue weighted by Crippen LogP contribution is -2.25. The largest absolute Gasteiger partial charge is 0.454 e. The van der Waals surface area contributed by atoms with Crippen LogP contribution >= 0.6 is 11.6 Å². The van der Waals surface area contributed by atoms with Gasteiger partial charge in [0.1, 0.15) is 17.8 Å². The minimum Gasteiger partial charge on any atom is -0.454 e. The highest BCUT2D eigenvalue weighted by Crippen LogP contribution is 2.44. The molecule has 0 radical (unpaired) electrons. The Morgan fingerprint density at radius 2 is 1.97 bits per heavy atom. The first-order chi connectivity index (χ1) is 16.7. The van der Waals surface area contributed by atoms with Crippen LogP contribution in [0.3, 0.4) is 0 Å². The van der Waals surface area contributed by atoms with Gasteiger partial charge in [0.25, 0.3) is 5.91 Å². The number of aromatic nitrogens is 4. The van der Waals surface area contributed by atoms with E-state index in [1.165, 1.54) is 0 Å². The van der Waals surface area contributed by atoms with Crippen LogP contribution in [0.4, 0.5) is 17.5 Å². The van der Waals surface area contributed by atoms with E-state index in [9.17, 15) is 4.79 Å². The van der Waals surface area contributed by atoms with Gasteiger partial charge in [-0.1, -0.05) is 29.8 Å². The van der Waals surface area contributed by atoms with Crippen molar-refractivity contribution in [2.45, 2.75) is 6.42 Å². The molecule has 172 valence electrons. The van der Waals surface area contributed by atoms with Crippen LogP contribution in [0.5, 0.6) is 11.5 Å². The Kier molecular flexibility index (Phi) is 6.13. The molecule has 5 rings (SSSR count). The molecule has 0 spiro atoms. The van der Waals surface area contributed by atoms with E-state index in [4.69, 9.17) is 21.1 Å². The highest BCUT2D eigenvalue weighted by Gasteiger charge is 2.21. The third-order valence-electron chi connectivity index (χ3n) is 4.96. The average Bonchev–Trinajstić information content (AvgIpc) is 3.51. The Labute approximate surface area is 199 Å². The lowest BCUT2D eigenvalue weighted by Gasteiger charge is -2.11. The zero-order valence-corrected chi connectivity index (χ0v) is 18.6. The summed E-state index contributed by atoms with van der Waals surface area (Å²) in [5.41, 5.74) is 5.06.